The van der Waals surface area contributed by atoms with Crippen LogP contribution in [0.1, 0.15) is 11.7 Å². The van der Waals surface area contributed by atoms with Gasteiger partial charge >= 0.3 is 0 Å². The molecule has 0 saturated carbocycles. The van der Waals surface area contributed by atoms with E-state index in [1.165, 1.54) is 0 Å². The highest BCUT2D eigenvalue weighted by Gasteiger charge is 2.26. The van der Waals surface area contributed by atoms with E-state index >= 15 is 0 Å². The fourth-order valence-corrected chi connectivity index (χ4v) is 2.00. The minimum atomic E-state index is -0.583. The van der Waals surface area contributed by atoms with Gasteiger partial charge in [0.25, 0.3) is 0 Å². The van der Waals surface area contributed by atoms with Crippen molar-refractivity contribution < 1.29 is 9.84 Å². The Bertz CT molecular complexity index is 341. The summed E-state index contributed by atoms with van der Waals surface area (Å²) < 4.78 is 5.57. The average Bonchev–Trinajstić information content (AvgIpc) is 2.29. The molecule has 16 heavy (non-hydrogen) atoms. The lowest BCUT2D eigenvalue weighted by atomic mass is 10.0. The topological polar surface area (TPSA) is 32.7 Å². The lowest BCUT2D eigenvalue weighted by Gasteiger charge is -2.33. The predicted octanol–water partition coefficient (Wildman–Crippen LogP) is 1.70. The molecule has 1 aliphatic rings. The summed E-state index contributed by atoms with van der Waals surface area (Å²) in [5.41, 5.74) is 0.852. The first-order valence-electron chi connectivity index (χ1n) is 5.40. The number of ether oxygens (including phenoxy) is 1. The number of benzene rings is 1. The predicted molar refractivity (Wildman–Crippen MR) is 63.6 cm³/mol. The number of aliphatic hydroxyl groups excluding tert-OH is 1. The second-order valence-corrected chi connectivity index (χ2v) is 4.60. The largest absolute Gasteiger partial charge is 0.386 e. The third-order valence-electron chi connectivity index (χ3n) is 2.86. The van der Waals surface area contributed by atoms with Crippen LogP contribution in [0.25, 0.3) is 0 Å². The molecule has 1 aromatic carbocycles. The molecule has 4 heteroatoms. The number of likely N-dealkylation sites (N-methyl/N-ethyl adjacent to an activating group) is 1. The van der Waals surface area contributed by atoms with E-state index in [4.69, 9.17) is 16.3 Å². The van der Waals surface area contributed by atoms with Gasteiger partial charge in [-0.3, -0.25) is 0 Å². The summed E-state index contributed by atoms with van der Waals surface area (Å²) in [5, 5.41) is 10.8. The van der Waals surface area contributed by atoms with E-state index in [9.17, 15) is 5.11 Å². The highest BCUT2D eigenvalue weighted by atomic mass is 35.5. The Balaban J connectivity index is 2.06. The minimum absolute atomic E-state index is 0.153. The Morgan fingerprint density at radius 3 is 2.75 bits per heavy atom. The smallest absolute Gasteiger partial charge is 0.106 e. The molecule has 1 aliphatic heterocycles. The SMILES string of the molecule is CN1CCOC(C(O)c2ccc(Cl)cc2)C1. The van der Waals surface area contributed by atoms with Gasteiger partial charge in [0.15, 0.2) is 0 Å². The van der Waals surface area contributed by atoms with Crippen LogP contribution >= 0.6 is 11.6 Å². The van der Waals surface area contributed by atoms with E-state index < -0.39 is 6.10 Å². The van der Waals surface area contributed by atoms with Crippen LogP contribution in [0, 0.1) is 0 Å². The fourth-order valence-electron chi connectivity index (χ4n) is 1.88. The van der Waals surface area contributed by atoms with Gasteiger partial charge < -0.3 is 14.7 Å². The second-order valence-electron chi connectivity index (χ2n) is 4.17. The van der Waals surface area contributed by atoms with Crippen LogP contribution in [0.15, 0.2) is 24.3 Å². The van der Waals surface area contributed by atoms with Crippen molar-refractivity contribution in [3.63, 3.8) is 0 Å². The molecule has 1 N–H and O–H groups in total. The quantitative estimate of drug-likeness (QED) is 0.856. The van der Waals surface area contributed by atoms with E-state index in [0.717, 1.165) is 18.7 Å². The summed E-state index contributed by atoms with van der Waals surface area (Å²) in [6.45, 7) is 2.35. The van der Waals surface area contributed by atoms with Gasteiger partial charge in [-0.2, -0.15) is 0 Å². The fraction of sp³-hybridized carbons (Fsp3) is 0.500. The number of morpholine rings is 1. The third-order valence-corrected chi connectivity index (χ3v) is 3.11. The Morgan fingerprint density at radius 2 is 2.12 bits per heavy atom. The van der Waals surface area contributed by atoms with Crippen molar-refractivity contribution in [2.24, 2.45) is 0 Å². The summed E-state index contributed by atoms with van der Waals surface area (Å²) in [5.74, 6) is 0. The molecule has 0 amide bonds. The van der Waals surface area contributed by atoms with Crippen LogP contribution in [0.3, 0.4) is 0 Å². The molecule has 2 rings (SSSR count). The van der Waals surface area contributed by atoms with Gasteiger partial charge in [0, 0.05) is 18.1 Å². The Morgan fingerprint density at radius 1 is 1.44 bits per heavy atom. The van der Waals surface area contributed by atoms with Crippen LogP contribution < -0.4 is 0 Å². The van der Waals surface area contributed by atoms with Crippen LogP contribution in [-0.4, -0.2) is 42.9 Å². The summed E-state index contributed by atoms with van der Waals surface area (Å²) in [4.78, 5) is 2.16. The van der Waals surface area contributed by atoms with Crippen LogP contribution in [0.4, 0.5) is 0 Å². The van der Waals surface area contributed by atoms with Crippen LogP contribution in [0.2, 0.25) is 5.02 Å². The van der Waals surface area contributed by atoms with E-state index in [0.29, 0.717) is 11.6 Å². The lowest BCUT2D eigenvalue weighted by Crippen LogP contribution is -2.42. The summed E-state index contributed by atoms with van der Waals surface area (Å²) in [7, 11) is 2.03. The van der Waals surface area contributed by atoms with Crippen molar-refractivity contribution in [3.8, 4) is 0 Å². The van der Waals surface area contributed by atoms with E-state index in [-0.39, 0.29) is 6.10 Å². The molecule has 1 heterocycles. The molecule has 3 nitrogen and oxygen atoms in total. The Kier molecular flexibility index (Phi) is 3.82. The molecule has 1 aromatic rings. The standard InChI is InChI=1S/C12H16ClNO2/c1-14-6-7-16-11(8-14)12(15)9-2-4-10(13)5-3-9/h2-5,11-12,15H,6-8H2,1H3. The van der Waals surface area contributed by atoms with Gasteiger partial charge in [0.2, 0.25) is 0 Å². The average molecular weight is 242 g/mol. The second kappa shape index (κ2) is 5.15. The minimum Gasteiger partial charge on any atom is -0.386 e. The van der Waals surface area contributed by atoms with E-state index in [2.05, 4.69) is 4.90 Å². The maximum Gasteiger partial charge on any atom is 0.106 e. The number of aliphatic hydroxyl groups is 1. The van der Waals surface area contributed by atoms with Gasteiger partial charge in [0.05, 0.1) is 6.61 Å². The van der Waals surface area contributed by atoms with Crippen molar-refractivity contribution in [1.82, 2.24) is 4.90 Å². The van der Waals surface area contributed by atoms with Crippen molar-refractivity contribution in [3.05, 3.63) is 34.9 Å². The van der Waals surface area contributed by atoms with Crippen molar-refractivity contribution in [2.45, 2.75) is 12.2 Å². The molecule has 2 unspecified atom stereocenters. The number of hydrogen-bond donors (Lipinski definition) is 1. The van der Waals surface area contributed by atoms with Crippen molar-refractivity contribution >= 4 is 11.6 Å². The van der Waals surface area contributed by atoms with Gasteiger partial charge in [-0.15, -0.1) is 0 Å². The molecule has 2 atom stereocenters. The summed E-state index contributed by atoms with van der Waals surface area (Å²) in [6.07, 6.45) is -0.736. The molecule has 1 fully saturated rings. The molecule has 0 bridgehead atoms. The maximum absolute atomic E-state index is 10.2. The molecule has 0 aliphatic carbocycles. The van der Waals surface area contributed by atoms with Crippen molar-refractivity contribution in [1.29, 1.82) is 0 Å². The number of hydrogen-bond acceptors (Lipinski definition) is 3. The summed E-state index contributed by atoms with van der Waals surface area (Å²) in [6, 6.07) is 7.25. The van der Waals surface area contributed by atoms with Crippen molar-refractivity contribution in [2.75, 3.05) is 26.7 Å². The first-order chi connectivity index (χ1) is 7.66. The number of nitrogens with zero attached hydrogens (tertiary/aromatic N) is 1. The molecular weight excluding hydrogens is 226 g/mol. The van der Waals surface area contributed by atoms with E-state index in [1.807, 2.05) is 19.2 Å². The lowest BCUT2D eigenvalue weighted by molar-refractivity contribution is -0.0844. The van der Waals surface area contributed by atoms with Crippen LogP contribution in [-0.2, 0) is 4.74 Å². The van der Waals surface area contributed by atoms with Crippen LogP contribution in [0.5, 0.6) is 0 Å². The molecule has 0 spiro atoms. The molecule has 0 aromatic heterocycles. The molecule has 88 valence electrons. The zero-order valence-electron chi connectivity index (χ0n) is 9.27. The highest BCUT2D eigenvalue weighted by Crippen LogP contribution is 2.23. The number of halogens is 1. The zero-order valence-corrected chi connectivity index (χ0v) is 10.0. The molecule has 0 radical (unpaired) electrons. The molecule has 1 saturated heterocycles. The Hall–Kier alpha value is -0.610. The van der Waals surface area contributed by atoms with Gasteiger partial charge in [-0.05, 0) is 24.7 Å². The zero-order chi connectivity index (χ0) is 11.5. The highest BCUT2D eigenvalue weighted by molar-refractivity contribution is 6.30. The maximum atomic E-state index is 10.2. The first kappa shape index (κ1) is 11.9. The normalized spacial score (nSPS) is 24.3. The van der Waals surface area contributed by atoms with Gasteiger partial charge in [-0.1, -0.05) is 23.7 Å². The monoisotopic (exact) mass is 241 g/mol. The first-order valence-corrected chi connectivity index (χ1v) is 5.78. The van der Waals surface area contributed by atoms with Gasteiger partial charge in [-0.25, -0.2) is 0 Å². The van der Waals surface area contributed by atoms with E-state index in [1.54, 1.807) is 12.1 Å². The number of rotatable bonds is 2. The third kappa shape index (κ3) is 2.74. The molecular formula is C12H16ClNO2. The summed E-state index contributed by atoms with van der Waals surface area (Å²) >= 11 is 5.80. The Labute approximate surface area is 101 Å². The van der Waals surface area contributed by atoms with Gasteiger partial charge in [0.1, 0.15) is 12.2 Å².